The van der Waals surface area contributed by atoms with Gasteiger partial charge in [0, 0.05) is 20.6 Å². The first-order valence-electron chi connectivity index (χ1n) is 4.93. The summed E-state index contributed by atoms with van der Waals surface area (Å²) >= 11 is 0. The smallest absolute Gasteiger partial charge is 0.302 e. The number of carbonyl (C=O) groups excluding carboxylic acids is 1. The molecule has 0 bridgehead atoms. The molecule has 5 heteroatoms. The molecule has 0 aliphatic rings. The summed E-state index contributed by atoms with van der Waals surface area (Å²) in [6.45, 7) is 6.80. The first-order chi connectivity index (χ1) is 7.08. The Kier molecular flexibility index (Phi) is 14.9. The third-order valence-corrected chi connectivity index (χ3v) is 1.22. The minimum absolute atomic E-state index is 0.122. The highest BCUT2D eigenvalue weighted by Crippen LogP contribution is 1.91. The summed E-state index contributed by atoms with van der Waals surface area (Å²) in [7, 11) is 1.55. The predicted molar refractivity (Wildman–Crippen MR) is 56.7 cm³/mol. The van der Waals surface area contributed by atoms with E-state index in [-0.39, 0.29) is 18.7 Å². The van der Waals surface area contributed by atoms with Gasteiger partial charge in [-0.05, 0) is 13.8 Å². The summed E-state index contributed by atoms with van der Waals surface area (Å²) in [6.07, 6.45) is -0.127. The quantitative estimate of drug-likeness (QED) is 0.667. The topological polar surface area (TPSA) is 65.0 Å². The van der Waals surface area contributed by atoms with Crippen molar-refractivity contribution in [3.05, 3.63) is 0 Å². The first kappa shape index (κ1) is 16.8. The highest BCUT2D eigenvalue weighted by Gasteiger charge is 2.03. The number of hydrogen-bond acceptors (Lipinski definition) is 5. The predicted octanol–water partition coefficient (Wildman–Crippen LogP) is 0.600. The van der Waals surface area contributed by atoms with Crippen molar-refractivity contribution in [3.63, 3.8) is 0 Å². The molecular formula is C10H22O5. The molecule has 0 amide bonds. The van der Waals surface area contributed by atoms with E-state index >= 15 is 0 Å². The van der Waals surface area contributed by atoms with Gasteiger partial charge in [-0.3, -0.25) is 4.79 Å². The van der Waals surface area contributed by atoms with Gasteiger partial charge in [0.25, 0.3) is 0 Å². The van der Waals surface area contributed by atoms with Crippen LogP contribution in [-0.4, -0.2) is 50.7 Å². The van der Waals surface area contributed by atoms with Gasteiger partial charge in [-0.2, -0.15) is 0 Å². The normalized spacial score (nSPS) is 11.3. The van der Waals surface area contributed by atoms with Crippen molar-refractivity contribution >= 4 is 5.97 Å². The van der Waals surface area contributed by atoms with Crippen molar-refractivity contribution < 1.29 is 24.1 Å². The third kappa shape index (κ3) is 19.7. The Labute approximate surface area is 91.3 Å². The fraction of sp³-hybridized carbons (Fsp3) is 0.900. The molecular weight excluding hydrogens is 200 g/mol. The lowest BCUT2D eigenvalue weighted by Crippen LogP contribution is -2.18. The van der Waals surface area contributed by atoms with Gasteiger partial charge < -0.3 is 19.3 Å². The van der Waals surface area contributed by atoms with Gasteiger partial charge >= 0.3 is 5.97 Å². The summed E-state index contributed by atoms with van der Waals surface area (Å²) in [5, 5.41) is 7.94. The molecule has 92 valence electrons. The molecule has 5 nitrogen and oxygen atoms in total. The van der Waals surface area contributed by atoms with Crippen LogP contribution in [0.15, 0.2) is 0 Å². The number of ether oxygens (including phenoxy) is 3. The van der Waals surface area contributed by atoms with Gasteiger partial charge in [-0.1, -0.05) is 0 Å². The Morgan fingerprint density at radius 3 is 2.33 bits per heavy atom. The Hall–Kier alpha value is -0.650. The second-order valence-electron chi connectivity index (χ2n) is 2.80. The van der Waals surface area contributed by atoms with Gasteiger partial charge in [0.15, 0.2) is 0 Å². The van der Waals surface area contributed by atoms with E-state index in [2.05, 4.69) is 4.74 Å². The zero-order chi connectivity index (χ0) is 12.1. The lowest BCUT2D eigenvalue weighted by Gasteiger charge is -2.10. The molecule has 15 heavy (non-hydrogen) atoms. The monoisotopic (exact) mass is 222 g/mol. The van der Waals surface area contributed by atoms with Crippen LogP contribution >= 0.6 is 0 Å². The van der Waals surface area contributed by atoms with Crippen LogP contribution in [0.4, 0.5) is 0 Å². The highest BCUT2D eigenvalue weighted by molar-refractivity contribution is 5.66. The number of methoxy groups -OCH3 is 1. The SMILES string of the molecule is CCOCC(C)OC(C)=O.COCCO. The minimum Gasteiger partial charge on any atom is -0.460 e. The maximum absolute atomic E-state index is 10.3. The number of rotatable bonds is 6. The van der Waals surface area contributed by atoms with E-state index in [4.69, 9.17) is 14.6 Å². The van der Waals surface area contributed by atoms with Crippen molar-refractivity contribution in [3.8, 4) is 0 Å². The second kappa shape index (κ2) is 13.4. The summed E-state index contributed by atoms with van der Waals surface area (Å²) in [6, 6.07) is 0. The first-order valence-corrected chi connectivity index (χ1v) is 4.93. The van der Waals surface area contributed by atoms with Crippen LogP contribution in [0.1, 0.15) is 20.8 Å². The Bertz CT molecular complexity index is 136. The van der Waals surface area contributed by atoms with Crippen LogP contribution in [0.5, 0.6) is 0 Å². The van der Waals surface area contributed by atoms with E-state index in [1.807, 2.05) is 6.92 Å². The molecule has 0 saturated carbocycles. The second-order valence-corrected chi connectivity index (χ2v) is 2.80. The molecule has 0 aromatic carbocycles. The van der Waals surface area contributed by atoms with E-state index in [9.17, 15) is 4.79 Å². The summed E-state index contributed by atoms with van der Waals surface area (Å²) in [4.78, 5) is 10.3. The lowest BCUT2D eigenvalue weighted by atomic mass is 10.4. The van der Waals surface area contributed by atoms with Crippen LogP contribution in [0.2, 0.25) is 0 Å². The van der Waals surface area contributed by atoms with Gasteiger partial charge in [0.05, 0.1) is 19.8 Å². The van der Waals surface area contributed by atoms with Crippen molar-refractivity contribution in [2.24, 2.45) is 0 Å². The lowest BCUT2D eigenvalue weighted by molar-refractivity contribution is -0.148. The zero-order valence-electron chi connectivity index (χ0n) is 9.99. The minimum atomic E-state index is -0.257. The van der Waals surface area contributed by atoms with Crippen molar-refractivity contribution in [1.82, 2.24) is 0 Å². The molecule has 0 saturated heterocycles. The van der Waals surface area contributed by atoms with Gasteiger partial charge in [-0.15, -0.1) is 0 Å². The van der Waals surface area contributed by atoms with E-state index in [1.54, 1.807) is 14.0 Å². The number of aliphatic hydroxyl groups is 1. The van der Waals surface area contributed by atoms with E-state index in [0.717, 1.165) is 0 Å². The van der Waals surface area contributed by atoms with Crippen LogP contribution in [0.3, 0.4) is 0 Å². The Balaban J connectivity index is 0. The van der Waals surface area contributed by atoms with E-state index in [0.29, 0.717) is 19.8 Å². The molecule has 1 N–H and O–H groups in total. The highest BCUT2D eigenvalue weighted by atomic mass is 16.6. The van der Waals surface area contributed by atoms with Crippen LogP contribution in [0.25, 0.3) is 0 Å². The maximum Gasteiger partial charge on any atom is 0.302 e. The van der Waals surface area contributed by atoms with Crippen molar-refractivity contribution in [1.29, 1.82) is 0 Å². The van der Waals surface area contributed by atoms with Gasteiger partial charge in [-0.25, -0.2) is 0 Å². The average Bonchev–Trinajstić information content (AvgIpc) is 2.16. The molecule has 0 heterocycles. The van der Waals surface area contributed by atoms with Gasteiger partial charge in [0.1, 0.15) is 6.10 Å². The molecule has 0 aliphatic heterocycles. The summed E-state index contributed by atoms with van der Waals surface area (Å²) in [5.41, 5.74) is 0. The summed E-state index contributed by atoms with van der Waals surface area (Å²) in [5.74, 6) is -0.257. The number of aliphatic hydroxyl groups excluding tert-OH is 1. The Morgan fingerprint density at radius 1 is 1.47 bits per heavy atom. The largest absolute Gasteiger partial charge is 0.460 e. The maximum atomic E-state index is 10.3. The van der Waals surface area contributed by atoms with Crippen LogP contribution in [0, 0.1) is 0 Å². The zero-order valence-corrected chi connectivity index (χ0v) is 9.99. The van der Waals surface area contributed by atoms with E-state index < -0.39 is 0 Å². The molecule has 0 aliphatic carbocycles. The molecule has 0 aromatic rings. The number of esters is 1. The van der Waals surface area contributed by atoms with Gasteiger partial charge in [0.2, 0.25) is 0 Å². The van der Waals surface area contributed by atoms with Crippen molar-refractivity contribution in [2.75, 3.05) is 33.5 Å². The standard InChI is InChI=1S/C7H14O3.C3H8O2/c1-4-9-5-6(2)10-7(3)8;1-5-3-2-4/h6H,4-5H2,1-3H3;4H,2-3H2,1H3. The van der Waals surface area contributed by atoms with E-state index in [1.165, 1.54) is 6.92 Å². The molecule has 1 atom stereocenters. The molecule has 0 rings (SSSR count). The van der Waals surface area contributed by atoms with Crippen molar-refractivity contribution in [2.45, 2.75) is 26.9 Å². The molecule has 0 aromatic heterocycles. The number of hydrogen-bond donors (Lipinski definition) is 1. The third-order valence-electron chi connectivity index (χ3n) is 1.22. The molecule has 1 unspecified atom stereocenters. The molecule has 0 spiro atoms. The Morgan fingerprint density at radius 2 is 2.07 bits per heavy atom. The van der Waals surface area contributed by atoms with Crippen LogP contribution in [-0.2, 0) is 19.0 Å². The average molecular weight is 222 g/mol. The fourth-order valence-electron chi connectivity index (χ4n) is 0.692. The molecule has 0 fully saturated rings. The fourth-order valence-corrected chi connectivity index (χ4v) is 0.692. The number of carbonyl (C=O) groups is 1. The molecule has 0 radical (unpaired) electrons. The van der Waals surface area contributed by atoms with Crippen LogP contribution < -0.4 is 0 Å². The summed E-state index contributed by atoms with van der Waals surface area (Å²) < 4.78 is 14.2.